The van der Waals surface area contributed by atoms with Gasteiger partial charge in [0.25, 0.3) is 5.91 Å². The maximum absolute atomic E-state index is 11.6. The van der Waals surface area contributed by atoms with Gasteiger partial charge < -0.3 is 16.2 Å². The third kappa shape index (κ3) is 3.50. The lowest BCUT2D eigenvalue weighted by Crippen LogP contribution is -2.31. The van der Waals surface area contributed by atoms with E-state index in [2.05, 4.69) is 21.2 Å². The number of rotatable bonds is 4. The predicted octanol–water partition coefficient (Wildman–Crippen LogP) is 1.53. The number of aliphatic hydroxyl groups is 1. The highest BCUT2D eigenvalue weighted by molar-refractivity contribution is 9.10. The number of amides is 1. The summed E-state index contributed by atoms with van der Waals surface area (Å²) in [6, 6.07) is 4.96. The number of halogens is 1. The highest BCUT2D eigenvalue weighted by Gasteiger charge is 2.08. The summed E-state index contributed by atoms with van der Waals surface area (Å²) in [5.74, 6) is -0.215. The average molecular weight is 287 g/mol. The van der Waals surface area contributed by atoms with E-state index in [1.54, 1.807) is 18.2 Å². The summed E-state index contributed by atoms with van der Waals surface area (Å²) in [5.41, 5.74) is 6.72. The topological polar surface area (TPSA) is 75.3 Å². The first-order chi connectivity index (χ1) is 7.54. The predicted molar refractivity (Wildman–Crippen MR) is 67.2 cm³/mol. The van der Waals surface area contributed by atoms with E-state index in [0.717, 1.165) is 0 Å². The highest BCUT2D eigenvalue weighted by atomic mass is 79.9. The Kier molecular flexibility index (Phi) is 4.76. The lowest BCUT2D eigenvalue weighted by atomic mass is 10.2. The summed E-state index contributed by atoms with van der Waals surface area (Å²) >= 11 is 3.25. The molecule has 5 heteroatoms. The van der Waals surface area contributed by atoms with Crippen molar-refractivity contribution in [2.75, 3.05) is 12.3 Å². The Morgan fingerprint density at radius 3 is 2.88 bits per heavy atom. The SMILES string of the molecule is CCC(O)CNC(=O)c1ccc(N)c(Br)c1. The molecule has 4 nitrogen and oxygen atoms in total. The van der Waals surface area contributed by atoms with Gasteiger partial charge in [0, 0.05) is 22.3 Å². The molecule has 0 bridgehead atoms. The molecule has 0 saturated carbocycles. The molecule has 0 saturated heterocycles. The van der Waals surface area contributed by atoms with Crippen molar-refractivity contribution in [3.05, 3.63) is 28.2 Å². The summed E-state index contributed by atoms with van der Waals surface area (Å²) in [7, 11) is 0. The van der Waals surface area contributed by atoms with Gasteiger partial charge in [-0.05, 0) is 40.5 Å². The van der Waals surface area contributed by atoms with Crippen LogP contribution in [0, 0.1) is 0 Å². The third-order valence-corrected chi connectivity index (χ3v) is 2.92. The monoisotopic (exact) mass is 286 g/mol. The molecule has 0 radical (unpaired) electrons. The van der Waals surface area contributed by atoms with Crippen molar-refractivity contribution in [1.82, 2.24) is 5.32 Å². The summed E-state index contributed by atoms with van der Waals surface area (Å²) in [6.07, 6.45) is 0.118. The van der Waals surface area contributed by atoms with E-state index < -0.39 is 6.10 Å². The lowest BCUT2D eigenvalue weighted by molar-refractivity contribution is 0.0914. The highest BCUT2D eigenvalue weighted by Crippen LogP contribution is 2.20. The van der Waals surface area contributed by atoms with Crippen molar-refractivity contribution >= 4 is 27.5 Å². The number of nitrogen functional groups attached to an aromatic ring is 1. The number of nitrogens with two attached hydrogens (primary N) is 1. The molecule has 0 aliphatic rings. The van der Waals surface area contributed by atoms with Gasteiger partial charge in [-0.25, -0.2) is 0 Å². The molecule has 16 heavy (non-hydrogen) atoms. The first-order valence-electron chi connectivity index (χ1n) is 5.06. The zero-order valence-electron chi connectivity index (χ0n) is 9.03. The fraction of sp³-hybridized carbons (Fsp3) is 0.364. The normalized spacial score (nSPS) is 12.2. The van der Waals surface area contributed by atoms with Crippen LogP contribution in [0.25, 0.3) is 0 Å². The summed E-state index contributed by atoms with van der Waals surface area (Å²) in [4.78, 5) is 11.6. The van der Waals surface area contributed by atoms with E-state index in [-0.39, 0.29) is 12.5 Å². The number of aliphatic hydroxyl groups excluding tert-OH is 1. The molecule has 88 valence electrons. The van der Waals surface area contributed by atoms with Crippen molar-refractivity contribution in [2.45, 2.75) is 19.4 Å². The second-order valence-electron chi connectivity index (χ2n) is 3.51. The van der Waals surface area contributed by atoms with Gasteiger partial charge in [0.15, 0.2) is 0 Å². The molecule has 4 N–H and O–H groups in total. The van der Waals surface area contributed by atoms with E-state index in [9.17, 15) is 9.90 Å². The van der Waals surface area contributed by atoms with Crippen LogP contribution in [0.4, 0.5) is 5.69 Å². The van der Waals surface area contributed by atoms with Gasteiger partial charge in [0.1, 0.15) is 0 Å². The number of carbonyl (C=O) groups excluding carboxylic acids is 1. The lowest BCUT2D eigenvalue weighted by Gasteiger charge is -2.10. The Morgan fingerprint density at radius 2 is 2.31 bits per heavy atom. The van der Waals surface area contributed by atoms with Crippen LogP contribution in [0.1, 0.15) is 23.7 Å². The van der Waals surface area contributed by atoms with E-state index >= 15 is 0 Å². The molecule has 1 amide bonds. The van der Waals surface area contributed by atoms with Crippen LogP contribution in [0.5, 0.6) is 0 Å². The molecule has 0 heterocycles. The fourth-order valence-electron chi connectivity index (χ4n) is 1.13. The summed E-state index contributed by atoms with van der Waals surface area (Å²) in [6.45, 7) is 2.12. The summed E-state index contributed by atoms with van der Waals surface area (Å²) in [5, 5.41) is 12.0. The second-order valence-corrected chi connectivity index (χ2v) is 4.36. The molecule has 1 aromatic rings. The number of hydrogen-bond acceptors (Lipinski definition) is 3. The number of hydrogen-bond donors (Lipinski definition) is 3. The minimum Gasteiger partial charge on any atom is -0.398 e. The Bertz CT molecular complexity index is 382. The van der Waals surface area contributed by atoms with Crippen LogP contribution in [0.3, 0.4) is 0 Å². The molecular formula is C11H15BrN2O2. The van der Waals surface area contributed by atoms with Crippen molar-refractivity contribution < 1.29 is 9.90 Å². The van der Waals surface area contributed by atoms with Crippen LogP contribution in [-0.2, 0) is 0 Å². The number of nitrogens with one attached hydrogen (secondary N) is 1. The first-order valence-corrected chi connectivity index (χ1v) is 5.85. The number of benzene rings is 1. The smallest absolute Gasteiger partial charge is 0.251 e. The Morgan fingerprint density at radius 1 is 1.62 bits per heavy atom. The maximum Gasteiger partial charge on any atom is 0.251 e. The molecule has 0 aromatic heterocycles. The molecule has 0 spiro atoms. The van der Waals surface area contributed by atoms with Crippen molar-refractivity contribution in [1.29, 1.82) is 0 Å². The maximum atomic E-state index is 11.6. The minimum atomic E-state index is -0.499. The van der Waals surface area contributed by atoms with Crippen molar-refractivity contribution in [3.8, 4) is 0 Å². The van der Waals surface area contributed by atoms with Crippen molar-refractivity contribution in [3.63, 3.8) is 0 Å². The van der Waals surface area contributed by atoms with Gasteiger partial charge in [-0.15, -0.1) is 0 Å². The number of anilines is 1. The van der Waals surface area contributed by atoms with Crippen LogP contribution < -0.4 is 11.1 Å². The van der Waals surface area contributed by atoms with E-state index in [1.807, 2.05) is 6.92 Å². The molecule has 0 fully saturated rings. The van der Waals surface area contributed by atoms with E-state index in [1.165, 1.54) is 0 Å². The fourth-order valence-corrected chi connectivity index (χ4v) is 1.50. The van der Waals surface area contributed by atoms with Crippen LogP contribution in [-0.4, -0.2) is 23.7 Å². The van der Waals surface area contributed by atoms with Crippen LogP contribution in [0.15, 0.2) is 22.7 Å². The van der Waals surface area contributed by atoms with Gasteiger partial charge >= 0.3 is 0 Å². The Balaban J connectivity index is 2.63. The van der Waals surface area contributed by atoms with Gasteiger partial charge in [-0.1, -0.05) is 6.92 Å². The molecule has 1 aromatic carbocycles. The zero-order chi connectivity index (χ0) is 12.1. The molecule has 1 atom stereocenters. The zero-order valence-corrected chi connectivity index (χ0v) is 10.6. The molecule has 1 unspecified atom stereocenters. The standard InChI is InChI=1S/C11H15BrN2O2/c1-2-8(15)6-14-11(16)7-3-4-10(13)9(12)5-7/h3-5,8,15H,2,6,13H2,1H3,(H,14,16). The molecule has 0 aliphatic carbocycles. The Labute approximate surface area is 103 Å². The molecule has 1 rings (SSSR count). The second kappa shape index (κ2) is 5.86. The third-order valence-electron chi connectivity index (χ3n) is 2.23. The van der Waals surface area contributed by atoms with Crippen LogP contribution in [0.2, 0.25) is 0 Å². The summed E-state index contributed by atoms with van der Waals surface area (Å²) < 4.78 is 0.691. The number of carbonyl (C=O) groups is 1. The quantitative estimate of drug-likeness (QED) is 0.735. The largest absolute Gasteiger partial charge is 0.398 e. The molecular weight excluding hydrogens is 272 g/mol. The van der Waals surface area contributed by atoms with Gasteiger partial charge in [0.2, 0.25) is 0 Å². The van der Waals surface area contributed by atoms with Crippen LogP contribution >= 0.6 is 15.9 Å². The van der Waals surface area contributed by atoms with Gasteiger partial charge in [-0.3, -0.25) is 4.79 Å². The van der Waals surface area contributed by atoms with Gasteiger partial charge in [0.05, 0.1) is 6.10 Å². The van der Waals surface area contributed by atoms with Gasteiger partial charge in [-0.2, -0.15) is 0 Å². The average Bonchev–Trinajstić information content (AvgIpc) is 2.29. The van der Waals surface area contributed by atoms with E-state index in [4.69, 9.17) is 5.73 Å². The Hall–Kier alpha value is -1.07. The first kappa shape index (κ1) is 13.0. The molecule has 0 aliphatic heterocycles. The van der Waals surface area contributed by atoms with Crippen molar-refractivity contribution in [2.24, 2.45) is 0 Å². The van der Waals surface area contributed by atoms with E-state index in [0.29, 0.717) is 22.1 Å². The minimum absolute atomic E-state index is 0.215.